The quantitative estimate of drug-likeness (QED) is 0.461. The zero-order valence-corrected chi connectivity index (χ0v) is 14.8. The van der Waals surface area contributed by atoms with Gasteiger partial charge in [0.05, 0.1) is 27.6 Å². The van der Waals surface area contributed by atoms with Gasteiger partial charge in [0.25, 0.3) is 0 Å². The Morgan fingerprint density at radius 1 is 0.815 bits per heavy atom. The summed E-state index contributed by atoms with van der Waals surface area (Å²) >= 11 is 1.40. The molecule has 3 heterocycles. The van der Waals surface area contributed by atoms with E-state index >= 15 is 0 Å². The zero-order valence-electron chi connectivity index (χ0n) is 14.0. The van der Waals surface area contributed by atoms with Crippen molar-refractivity contribution in [3.63, 3.8) is 0 Å². The molecule has 0 spiro atoms. The smallest absolute Gasteiger partial charge is 0.113 e. The number of aromatic nitrogens is 6. The minimum absolute atomic E-state index is 0.888. The standard InChI is InChI=1S/C20H12N6S/c1-2-6-14-11(4-1)18(24-23-14)13-8-9-15-20(22-10-21-15)17(13)12-5-3-7-16-19(12)25-26-27-16/h1-10H,(H,21,22)(H,23,24). The molecule has 0 atom stereocenters. The van der Waals surface area contributed by atoms with Gasteiger partial charge in [-0.05, 0) is 35.8 Å². The maximum Gasteiger partial charge on any atom is 0.113 e. The van der Waals surface area contributed by atoms with Crippen molar-refractivity contribution in [3.8, 4) is 22.4 Å². The summed E-state index contributed by atoms with van der Waals surface area (Å²) in [5.74, 6) is 0. The molecule has 0 radical (unpaired) electrons. The summed E-state index contributed by atoms with van der Waals surface area (Å²) in [5.41, 5.74) is 7.74. The Labute approximate surface area is 157 Å². The van der Waals surface area contributed by atoms with Crippen molar-refractivity contribution < 1.29 is 0 Å². The van der Waals surface area contributed by atoms with Crippen LogP contribution in [0.5, 0.6) is 0 Å². The van der Waals surface area contributed by atoms with Gasteiger partial charge in [-0.1, -0.05) is 34.8 Å². The number of para-hydroxylation sites is 1. The first-order chi connectivity index (χ1) is 13.4. The Hall–Kier alpha value is -3.58. The van der Waals surface area contributed by atoms with E-state index in [0.717, 1.165) is 54.5 Å². The molecule has 0 fully saturated rings. The highest BCUT2D eigenvalue weighted by Crippen LogP contribution is 2.41. The molecule has 0 aliphatic carbocycles. The van der Waals surface area contributed by atoms with E-state index in [4.69, 9.17) is 0 Å². The van der Waals surface area contributed by atoms with Gasteiger partial charge >= 0.3 is 0 Å². The second-order valence-electron chi connectivity index (χ2n) is 6.33. The molecule has 27 heavy (non-hydrogen) atoms. The van der Waals surface area contributed by atoms with E-state index in [2.05, 4.69) is 48.0 Å². The van der Waals surface area contributed by atoms with Crippen LogP contribution < -0.4 is 0 Å². The molecule has 6 aromatic rings. The molecule has 0 bridgehead atoms. The van der Waals surface area contributed by atoms with Crippen LogP contribution >= 0.6 is 11.5 Å². The highest BCUT2D eigenvalue weighted by molar-refractivity contribution is 7.13. The first-order valence-electron chi connectivity index (χ1n) is 8.51. The molecule has 0 aliphatic heterocycles. The van der Waals surface area contributed by atoms with Crippen LogP contribution in [0.25, 0.3) is 54.5 Å². The Balaban J connectivity index is 1.77. The first-order valence-corrected chi connectivity index (χ1v) is 9.28. The van der Waals surface area contributed by atoms with Crippen LogP contribution in [0.4, 0.5) is 0 Å². The highest BCUT2D eigenvalue weighted by atomic mass is 32.1. The third kappa shape index (κ3) is 2.06. The summed E-state index contributed by atoms with van der Waals surface area (Å²) in [6.07, 6.45) is 1.72. The molecule has 7 heteroatoms. The summed E-state index contributed by atoms with van der Waals surface area (Å²) in [4.78, 5) is 7.81. The molecule has 128 valence electrons. The molecule has 6 nitrogen and oxygen atoms in total. The third-order valence-corrected chi connectivity index (χ3v) is 5.55. The summed E-state index contributed by atoms with van der Waals surface area (Å²) in [6, 6.07) is 18.4. The molecule has 0 saturated carbocycles. The number of benzene rings is 3. The van der Waals surface area contributed by atoms with Gasteiger partial charge < -0.3 is 4.98 Å². The minimum Gasteiger partial charge on any atom is -0.345 e. The first kappa shape index (κ1) is 14.6. The molecule has 0 unspecified atom stereocenters. The molecule has 6 rings (SSSR count). The van der Waals surface area contributed by atoms with Crippen molar-refractivity contribution in [1.29, 1.82) is 0 Å². The fourth-order valence-corrected chi connectivity index (χ4v) is 4.24. The second kappa shape index (κ2) is 5.46. The molecule has 0 aliphatic rings. The molecule has 2 N–H and O–H groups in total. The molecule has 0 amide bonds. The SMILES string of the molecule is c1ccc2c(-c3ccc4[nH]cnc4c3-c3cccc4snnc34)n[nH]c2c1. The predicted octanol–water partition coefficient (Wildman–Crippen LogP) is 4.78. The predicted molar refractivity (Wildman–Crippen MR) is 108 cm³/mol. The average molecular weight is 368 g/mol. The van der Waals surface area contributed by atoms with E-state index < -0.39 is 0 Å². The van der Waals surface area contributed by atoms with Crippen LogP contribution in [0, 0.1) is 0 Å². The van der Waals surface area contributed by atoms with Crippen LogP contribution in [-0.4, -0.2) is 29.8 Å². The Morgan fingerprint density at radius 3 is 2.78 bits per heavy atom. The lowest BCUT2D eigenvalue weighted by Crippen LogP contribution is -1.90. The van der Waals surface area contributed by atoms with Crippen molar-refractivity contribution >= 4 is 43.7 Å². The summed E-state index contributed by atoms with van der Waals surface area (Å²) in [7, 11) is 0. The largest absolute Gasteiger partial charge is 0.345 e. The van der Waals surface area contributed by atoms with Gasteiger partial charge in [0.2, 0.25) is 0 Å². The topological polar surface area (TPSA) is 83.1 Å². The van der Waals surface area contributed by atoms with Gasteiger partial charge in [-0.2, -0.15) is 5.10 Å². The Morgan fingerprint density at radius 2 is 1.78 bits per heavy atom. The number of hydrogen-bond acceptors (Lipinski definition) is 5. The normalized spacial score (nSPS) is 11.7. The zero-order chi connectivity index (χ0) is 17.8. The van der Waals surface area contributed by atoms with Gasteiger partial charge in [-0.25, -0.2) is 4.98 Å². The van der Waals surface area contributed by atoms with Crippen LogP contribution in [0.1, 0.15) is 0 Å². The van der Waals surface area contributed by atoms with E-state index in [1.54, 1.807) is 6.33 Å². The van der Waals surface area contributed by atoms with Gasteiger partial charge in [0, 0.05) is 22.1 Å². The van der Waals surface area contributed by atoms with Crippen LogP contribution in [0.15, 0.2) is 60.9 Å². The molecule has 3 aromatic carbocycles. The van der Waals surface area contributed by atoms with Crippen molar-refractivity contribution in [2.45, 2.75) is 0 Å². The van der Waals surface area contributed by atoms with Crippen LogP contribution in [0.3, 0.4) is 0 Å². The number of hydrogen-bond donors (Lipinski definition) is 2. The van der Waals surface area contributed by atoms with Crippen molar-refractivity contribution in [1.82, 2.24) is 29.8 Å². The number of fused-ring (bicyclic) bond motifs is 3. The number of aromatic amines is 2. The number of nitrogens with one attached hydrogen (secondary N) is 2. The monoisotopic (exact) mass is 368 g/mol. The average Bonchev–Trinajstić information content (AvgIpc) is 3.44. The van der Waals surface area contributed by atoms with Gasteiger partial charge in [-0.3, -0.25) is 5.10 Å². The lowest BCUT2D eigenvalue weighted by atomic mass is 9.94. The molecule has 0 saturated heterocycles. The van der Waals surface area contributed by atoms with E-state index in [0.29, 0.717) is 0 Å². The van der Waals surface area contributed by atoms with Crippen molar-refractivity contribution in [2.24, 2.45) is 0 Å². The third-order valence-electron chi connectivity index (χ3n) is 4.87. The van der Waals surface area contributed by atoms with E-state index in [-0.39, 0.29) is 0 Å². The minimum atomic E-state index is 0.888. The number of nitrogens with zero attached hydrogens (tertiary/aromatic N) is 4. The molecule has 3 aromatic heterocycles. The maximum absolute atomic E-state index is 4.61. The Bertz CT molecular complexity index is 1440. The van der Waals surface area contributed by atoms with Gasteiger partial charge in [-0.15, -0.1) is 5.10 Å². The van der Waals surface area contributed by atoms with Crippen molar-refractivity contribution in [3.05, 3.63) is 60.9 Å². The number of rotatable bonds is 2. The maximum atomic E-state index is 4.61. The van der Waals surface area contributed by atoms with Crippen LogP contribution in [-0.2, 0) is 0 Å². The fraction of sp³-hybridized carbons (Fsp3) is 0. The van der Waals surface area contributed by atoms with Gasteiger partial charge in [0.15, 0.2) is 0 Å². The number of imidazole rings is 1. The van der Waals surface area contributed by atoms with E-state index in [1.807, 2.05) is 36.4 Å². The fourth-order valence-electron chi connectivity index (χ4n) is 3.65. The lowest BCUT2D eigenvalue weighted by Gasteiger charge is -2.10. The lowest BCUT2D eigenvalue weighted by molar-refractivity contribution is 1.12. The number of H-pyrrole nitrogens is 2. The summed E-state index contributed by atoms with van der Waals surface area (Å²) in [5, 5.41) is 13.2. The molecular weight excluding hydrogens is 356 g/mol. The Kier molecular flexibility index (Phi) is 2.95. The van der Waals surface area contributed by atoms with Crippen molar-refractivity contribution in [2.75, 3.05) is 0 Å². The van der Waals surface area contributed by atoms with E-state index in [9.17, 15) is 0 Å². The molecular formula is C20H12N6S. The summed E-state index contributed by atoms with van der Waals surface area (Å²) in [6.45, 7) is 0. The highest BCUT2D eigenvalue weighted by Gasteiger charge is 2.20. The van der Waals surface area contributed by atoms with Crippen LogP contribution in [0.2, 0.25) is 0 Å². The summed E-state index contributed by atoms with van der Waals surface area (Å²) < 4.78 is 5.19. The second-order valence-corrected chi connectivity index (χ2v) is 7.12. The van der Waals surface area contributed by atoms with Gasteiger partial charge in [0.1, 0.15) is 11.2 Å². The van der Waals surface area contributed by atoms with E-state index in [1.165, 1.54) is 11.5 Å².